The highest BCUT2D eigenvalue weighted by Gasteiger charge is 2.37. The fraction of sp³-hybridized carbons (Fsp3) is 0.345. The Bertz CT molecular complexity index is 1660. The van der Waals surface area contributed by atoms with Crippen molar-refractivity contribution in [3.8, 4) is 23.1 Å². The van der Waals surface area contributed by atoms with Crippen LogP contribution in [-0.4, -0.2) is 38.1 Å². The van der Waals surface area contributed by atoms with E-state index in [0.717, 1.165) is 68.2 Å². The molecule has 0 radical (unpaired) electrons. The van der Waals surface area contributed by atoms with Gasteiger partial charge in [0, 0.05) is 42.9 Å². The Kier molecular flexibility index (Phi) is 5.83. The molecule has 3 heterocycles. The van der Waals surface area contributed by atoms with Crippen molar-refractivity contribution >= 4 is 22.4 Å². The number of rotatable bonds is 3. The van der Waals surface area contributed by atoms with Gasteiger partial charge in [-0.05, 0) is 80.3 Å². The number of nitrogens with one attached hydrogen (secondary N) is 1. The number of halogens is 1. The van der Waals surface area contributed by atoms with Crippen LogP contribution in [0.15, 0.2) is 53.5 Å². The summed E-state index contributed by atoms with van der Waals surface area (Å²) in [5.74, 6) is 0.249. The number of nitriles is 1. The van der Waals surface area contributed by atoms with Gasteiger partial charge in [-0.3, -0.25) is 14.0 Å². The van der Waals surface area contributed by atoms with Crippen molar-refractivity contribution < 1.29 is 4.39 Å². The third kappa shape index (κ3) is 4.16. The van der Waals surface area contributed by atoms with E-state index in [1.54, 1.807) is 23.0 Å². The summed E-state index contributed by atoms with van der Waals surface area (Å²) in [6.07, 6.45) is 7.62. The molecule has 2 aromatic carbocycles. The molecule has 0 bridgehead atoms. The lowest BCUT2D eigenvalue weighted by molar-refractivity contribution is 0.177. The fourth-order valence-electron chi connectivity index (χ4n) is 5.90. The molecule has 4 aromatic rings. The van der Waals surface area contributed by atoms with Crippen LogP contribution in [0, 0.1) is 28.0 Å². The first-order valence-electron chi connectivity index (χ1n) is 12.9. The largest absolute Gasteiger partial charge is 0.356 e. The Morgan fingerprint density at radius 2 is 1.82 bits per heavy atom. The van der Waals surface area contributed by atoms with Crippen LogP contribution in [0.1, 0.15) is 44.1 Å². The lowest BCUT2D eigenvalue weighted by Gasteiger charge is -2.44. The number of anilines is 1. The maximum Gasteiger partial charge on any atom is 0.260 e. The SMILES string of the molecule is Cn1ncc2cc(-n3c(-c4ccc(C#N)c(F)c4)nc(N4CCC5(CCC(=N)CC5)CC4)cc3=O)ccc21. The van der Waals surface area contributed by atoms with Gasteiger partial charge in [-0.15, -0.1) is 0 Å². The minimum atomic E-state index is -0.651. The maximum absolute atomic E-state index is 14.7. The highest BCUT2D eigenvalue weighted by atomic mass is 19.1. The number of hydrogen-bond acceptors (Lipinski definition) is 6. The molecule has 6 rings (SSSR count). The normalized spacial score (nSPS) is 17.2. The zero-order valence-corrected chi connectivity index (χ0v) is 21.2. The van der Waals surface area contributed by atoms with Crippen molar-refractivity contribution in [3.05, 3.63) is 70.4 Å². The van der Waals surface area contributed by atoms with Gasteiger partial charge in [-0.1, -0.05) is 0 Å². The summed E-state index contributed by atoms with van der Waals surface area (Å²) in [5.41, 5.74) is 2.77. The van der Waals surface area contributed by atoms with Crippen LogP contribution >= 0.6 is 0 Å². The molecule has 0 atom stereocenters. The van der Waals surface area contributed by atoms with Crippen LogP contribution < -0.4 is 10.5 Å². The molecule has 1 saturated carbocycles. The van der Waals surface area contributed by atoms with Crippen LogP contribution in [0.5, 0.6) is 0 Å². The van der Waals surface area contributed by atoms with Crippen LogP contribution in [0.2, 0.25) is 0 Å². The molecular weight excluding hydrogens is 481 g/mol. The third-order valence-corrected chi connectivity index (χ3v) is 8.30. The van der Waals surface area contributed by atoms with Crippen molar-refractivity contribution in [2.45, 2.75) is 38.5 Å². The number of piperidine rings is 1. The molecule has 0 amide bonds. The van der Waals surface area contributed by atoms with Crippen LogP contribution in [0.3, 0.4) is 0 Å². The fourth-order valence-corrected chi connectivity index (χ4v) is 5.90. The summed E-state index contributed by atoms with van der Waals surface area (Å²) in [4.78, 5) is 20.7. The molecule has 192 valence electrons. The molecule has 1 aliphatic heterocycles. The summed E-state index contributed by atoms with van der Waals surface area (Å²) in [5, 5.41) is 22.3. The molecule has 1 N–H and O–H groups in total. The van der Waals surface area contributed by atoms with E-state index in [1.807, 2.05) is 31.3 Å². The predicted octanol–water partition coefficient (Wildman–Crippen LogP) is 4.98. The van der Waals surface area contributed by atoms with E-state index < -0.39 is 5.82 Å². The van der Waals surface area contributed by atoms with Crippen molar-refractivity contribution in [1.29, 1.82) is 10.7 Å². The second kappa shape index (κ2) is 9.21. The van der Waals surface area contributed by atoms with Gasteiger partial charge >= 0.3 is 0 Å². The summed E-state index contributed by atoms with van der Waals surface area (Å²) in [7, 11) is 1.86. The van der Waals surface area contributed by atoms with Crippen LogP contribution in [0.4, 0.5) is 10.2 Å². The molecule has 1 saturated heterocycles. The van der Waals surface area contributed by atoms with E-state index in [4.69, 9.17) is 10.4 Å². The predicted molar refractivity (Wildman–Crippen MR) is 144 cm³/mol. The average molecular weight is 510 g/mol. The number of nitrogens with zero attached hydrogens (tertiary/aromatic N) is 6. The first-order valence-corrected chi connectivity index (χ1v) is 12.9. The van der Waals surface area contributed by atoms with Crippen molar-refractivity contribution in [2.24, 2.45) is 12.5 Å². The van der Waals surface area contributed by atoms with Crippen molar-refractivity contribution in [2.75, 3.05) is 18.0 Å². The Hall–Kier alpha value is -4.32. The molecule has 1 aliphatic carbocycles. The van der Waals surface area contributed by atoms with Gasteiger partial charge in [0.05, 0.1) is 23.0 Å². The van der Waals surface area contributed by atoms with E-state index in [1.165, 1.54) is 16.7 Å². The van der Waals surface area contributed by atoms with Gasteiger partial charge in [0.15, 0.2) is 0 Å². The molecule has 2 aliphatic rings. The lowest BCUT2D eigenvalue weighted by Crippen LogP contribution is -2.43. The number of aryl methyl sites for hydroxylation is 1. The molecule has 2 aromatic heterocycles. The third-order valence-electron chi connectivity index (χ3n) is 8.30. The number of aromatic nitrogens is 4. The van der Waals surface area contributed by atoms with Gasteiger partial charge in [-0.2, -0.15) is 10.4 Å². The molecule has 8 nitrogen and oxygen atoms in total. The van der Waals surface area contributed by atoms with Gasteiger partial charge in [0.2, 0.25) is 0 Å². The topological polar surface area (TPSA) is 104 Å². The Morgan fingerprint density at radius 1 is 1.05 bits per heavy atom. The van der Waals surface area contributed by atoms with E-state index >= 15 is 0 Å². The Balaban J connectivity index is 1.42. The monoisotopic (exact) mass is 509 g/mol. The Morgan fingerprint density at radius 3 is 2.53 bits per heavy atom. The molecular formula is C29H28FN7O. The van der Waals surface area contributed by atoms with Gasteiger partial charge in [-0.25, -0.2) is 9.37 Å². The van der Waals surface area contributed by atoms with E-state index in [9.17, 15) is 14.4 Å². The molecule has 0 unspecified atom stereocenters. The van der Waals surface area contributed by atoms with E-state index in [2.05, 4.69) is 10.00 Å². The quantitative estimate of drug-likeness (QED) is 0.420. The minimum Gasteiger partial charge on any atom is -0.356 e. The second-order valence-electron chi connectivity index (χ2n) is 10.5. The highest BCUT2D eigenvalue weighted by Crippen LogP contribution is 2.44. The van der Waals surface area contributed by atoms with Crippen molar-refractivity contribution in [1.82, 2.24) is 19.3 Å². The summed E-state index contributed by atoms with van der Waals surface area (Å²) >= 11 is 0. The Labute approximate surface area is 219 Å². The van der Waals surface area contributed by atoms with Crippen LogP contribution in [-0.2, 0) is 7.05 Å². The van der Waals surface area contributed by atoms with Crippen LogP contribution in [0.25, 0.3) is 28.0 Å². The zero-order valence-electron chi connectivity index (χ0n) is 21.2. The average Bonchev–Trinajstić information content (AvgIpc) is 3.30. The number of hydrogen-bond donors (Lipinski definition) is 1. The summed E-state index contributed by atoms with van der Waals surface area (Å²) in [6.45, 7) is 1.57. The smallest absolute Gasteiger partial charge is 0.260 e. The second-order valence-corrected chi connectivity index (χ2v) is 10.5. The number of benzene rings is 2. The van der Waals surface area contributed by atoms with Gasteiger partial charge in [0.1, 0.15) is 23.5 Å². The van der Waals surface area contributed by atoms with Gasteiger partial charge < -0.3 is 10.3 Å². The first-order chi connectivity index (χ1) is 18.4. The number of fused-ring (bicyclic) bond motifs is 1. The summed E-state index contributed by atoms with van der Waals surface area (Å²) < 4.78 is 18.0. The minimum absolute atomic E-state index is 0.0579. The van der Waals surface area contributed by atoms with E-state index in [-0.39, 0.29) is 16.5 Å². The molecule has 1 spiro atoms. The zero-order chi connectivity index (χ0) is 26.4. The highest BCUT2D eigenvalue weighted by molar-refractivity contribution is 5.82. The molecule has 38 heavy (non-hydrogen) atoms. The maximum atomic E-state index is 14.7. The van der Waals surface area contributed by atoms with Gasteiger partial charge in [0.25, 0.3) is 5.56 Å². The van der Waals surface area contributed by atoms with Crippen molar-refractivity contribution in [3.63, 3.8) is 0 Å². The molecule has 2 fully saturated rings. The molecule has 9 heteroatoms. The van der Waals surface area contributed by atoms with E-state index in [0.29, 0.717) is 22.9 Å². The lowest BCUT2D eigenvalue weighted by atomic mass is 9.67. The first kappa shape index (κ1) is 24.0. The summed E-state index contributed by atoms with van der Waals surface area (Å²) in [6, 6.07) is 13.3. The standard InChI is InChI=1S/C29H28FN7O/c1-35-25-5-4-23(14-21(25)18-33-35)37-27(38)16-26(34-28(37)19-2-3-20(17-31)24(30)15-19)36-12-10-29(11-13-36)8-6-22(32)7-9-29/h2-5,14-16,18,32H,6-13H2,1H3.